The summed E-state index contributed by atoms with van der Waals surface area (Å²) in [5.41, 5.74) is 0.561. The summed E-state index contributed by atoms with van der Waals surface area (Å²) in [5.74, 6) is 1.99. The Morgan fingerprint density at radius 3 is 2.50 bits per heavy atom. The lowest BCUT2D eigenvalue weighted by atomic mass is 10.1. The lowest BCUT2D eigenvalue weighted by molar-refractivity contribution is 0.0724. The first kappa shape index (κ1) is 20.7. The fourth-order valence-electron chi connectivity index (χ4n) is 3.89. The molecule has 0 saturated carbocycles. The van der Waals surface area contributed by atoms with Crippen molar-refractivity contribution < 1.29 is 9.53 Å². The summed E-state index contributed by atoms with van der Waals surface area (Å²) in [6.07, 6.45) is 6.68. The summed E-state index contributed by atoms with van der Waals surface area (Å²) < 4.78 is 5.47. The highest BCUT2D eigenvalue weighted by Gasteiger charge is 2.24. The molecule has 0 unspecified atom stereocenters. The number of hydrogen-bond donors (Lipinski definition) is 0. The summed E-state index contributed by atoms with van der Waals surface area (Å²) in [6, 6.07) is 3.52. The van der Waals surface area contributed by atoms with Crippen molar-refractivity contribution in [3.05, 3.63) is 35.1 Å². The number of anilines is 2. The molecule has 0 spiro atoms. The minimum absolute atomic E-state index is 0.0202. The maximum Gasteiger partial charge on any atom is 0.255 e. The molecular formula is C21H27ClN6O2. The number of nitrogens with zero attached hydrogens (tertiary/aromatic N) is 6. The third kappa shape index (κ3) is 4.59. The Morgan fingerprint density at radius 1 is 1.07 bits per heavy atom. The normalized spacial score (nSPS) is 17.2. The van der Waals surface area contributed by atoms with E-state index in [0.717, 1.165) is 57.9 Å². The molecule has 0 bridgehead atoms. The molecular weight excluding hydrogens is 404 g/mol. The molecule has 2 fully saturated rings. The van der Waals surface area contributed by atoms with E-state index < -0.39 is 0 Å². The first-order valence-electron chi connectivity index (χ1n) is 10.6. The van der Waals surface area contributed by atoms with Crippen LogP contribution >= 0.6 is 11.6 Å². The van der Waals surface area contributed by atoms with Gasteiger partial charge in [0.2, 0.25) is 11.8 Å². The SMILES string of the molecule is CCOc1ccnc(N2CCN(c3ncc(C(=O)N4CCCCC4)cc3Cl)CC2)n1. The van der Waals surface area contributed by atoms with E-state index >= 15 is 0 Å². The Bertz CT molecular complexity index is 882. The Morgan fingerprint density at radius 2 is 1.80 bits per heavy atom. The number of likely N-dealkylation sites (tertiary alicyclic amines) is 1. The van der Waals surface area contributed by atoms with Gasteiger partial charge in [-0.25, -0.2) is 9.97 Å². The van der Waals surface area contributed by atoms with Gasteiger partial charge in [-0.2, -0.15) is 4.98 Å². The zero-order chi connectivity index (χ0) is 20.9. The fraction of sp³-hybridized carbons (Fsp3) is 0.524. The van der Waals surface area contributed by atoms with Crippen LogP contribution in [0.1, 0.15) is 36.5 Å². The highest BCUT2D eigenvalue weighted by Crippen LogP contribution is 2.27. The average molecular weight is 431 g/mol. The molecule has 0 radical (unpaired) electrons. The van der Waals surface area contributed by atoms with Crippen LogP contribution in [0.15, 0.2) is 24.5 Å². The highest BCUT2D eigenvalue weighted by molar-refractivity contribution is 6.33. The highest BCUT2D eigenvalue weighted by atomic mass is 35.5. The van der Waals surface area contributed by atoms with Gasteiger partial charge in [-0.05, 0) is 32.3 Å². The Hall–Kier alpha value is -2.61. The van der Waals surface area contributed by atoms with Gasteiger partial charge in [-0.3, -0.25) is 4.79 Å². The fourth-order valence-corrected chi connectivity index (χ4v) is 4.18. The van der Waals surface area contributed by atoms with Crippen molar-refractivity contribution in [1.29, 1.82) is 0 Å². The Kier molecular flexibility index (Phi) is 6.52. The molecule has 8 nitrogen and oxygen atoms in total. The zero-order valence-electron chi connectivity index (χ0n) is 17.3. The number of hydrogen-bond acceptors (Lipinski definition) is 7. The molecule has 160 valence electrons. The summed E-state index contributed by atoms with van der Waals surface area (Å²) >= 11 is 6.52. The monoisotopic (exact) mass is 430 g/mol. The van der Waals surface area contributed by atoms with E-state index in [1.165, 1.54) is 6.42 Å². The van der Waals surface area contributed by atoms with Crippen LogP contribution in [0, 0.1) is 0 Å². The first-order chi connectivity index (χ1) is 14.7. The number of amides is 1. The summed E-state index contributed by atoms with van der Waals surface area (Å²) in [6.45, 7) is 7.12. The lowest BCUT2D eigenvalue weighted by Crippen LogP contribution is -2.47. The van der Waals surface area contributed by atoms with Crippen molar-refractivity contribution >= 4 is 29.3 Å². The molecule has 30 heavy (non-hydrogen) atoms. The van der Waals surface area contributed by atoms with Gasteiger partial charge in [0, 0.05) is 57.7 Å². The van der Waals surface area contributed by atoms with Gasteiger partial charge in [-0.1, -0.05) is 11.6 Å². The third-order valence-electron chi connectivity index (χ3n) is 5.48. The molecule has 2 aliphatic heterocycles. The summed E-state index contributed by atoms with van der Waals surface area (Å²) in [5, 5.41) is 0.515. The second kappa shape index (κ2) is 9.47. The molecule has 9 heteroatoms. The van der Waals surface area contributed by atoms with Crippen molar-refractivity contribution in [3.8, 4) is 5.88 Å². The molecule has 2 saturated heterocycles. The van der Waals surface area contributed by atoms with E-state index in [-0.39, 0.29) is 5.91 Å². The minimum Gasteiger partial charge on any atom is -0.478 e. The summed E-state index contributed by atoms with van der Waals surface area (Å²) in [7, 11) is 0. The van der Waals surface area contributed by atoms with Crippen LogP contribution < -0.4 is 14.5 Å². The topological polar surface area (TPSA) is 74.7 Å². The van der Waals surface area contributed by atoms with Gasteiger partial charge in [-0.15, -0.1) is 0 Å². The lowest BCUT2D eigenvalue weighted by Gasteiger charge is -2.35. The molecule has 2 aromatic rings. The standard InChI is InChI=1S/C21H27ClN6O2/c1-2-30-18-6-7-23-21(25-18)28-12-10-26(11-13-28)19-17(22)14-16(15-24-19)20(29)27-8-4-3-5-9-27/h6-7,14-15H,2-5,8-13H2,1H3. The van der Waals surface area contributed by atoms with Gasteiger partial charge in [0.15, 0.2) is 0 Å². The largest absolute Gasteiger partial charge is 0.478 e. The van der Waals surface area contributed by atoms with Crippen LogP contribution in [-0.4, -0.2) is 71.6 Å². The number of carbonyl (C=O) groups is 1. The molecule has 1 amide bonds. The van der Waals surface area contributed by atoms with Crippen LogP contribution in [-0.2, 0) is 0 Å². The Labute approximate surface area is 181 Å². The maximum atomic E-state index is 12.7. The van der Waals surface area contributed by atoms with Crippen molar-refractivity contribution in [1.82, 2.24) is 19.9 Å². The molecule has 2 aromatic heterocycles. The summed E-state index contributed by atoms with van der Waals surface area (Å²) in [4.78, 5) is 32.2. The van der Waals surface area contributed by atoms with Gasteiger partial charge >= 0.3 is 0 Å². The molecule has 2 aliphatic rings. The molecule has 0 aromatic carbocycles. The number of piperazine rings is 1. The van der Waals surface area contributed by atoms with Crippen LogP contribution in [0.2, 0.25) is 5.02 Å². The second-order valence-corrected chi connectivity index (χ2v) is 7.89. The molecule has 0 aliphatic carbocycles. The van der Waals surface area contributed by atoms with Gasteiger partial charge in [0.1, 0.15) is 5.82 Å². The zero-order valence-corrected chi connectivity index (χ0v) is 18.0. The maximum absolute atomic E-state index is 12.7. The average Bonchev–Trinajstić information content (AvgIpc) is 2.80. The van der Waals surface area contributed by atoms with E-state index in [1.807, 2.05) is 11.8 Å². The van der Waals surface area contributed by atoms with Crippen LogP contribution in [0.5, 0.6) is 5.88 Å². The van der Waals surface area contributed by atoms with Crippen LogP contribution in [0.25, 0.3) is 0 Å². The van der Waals surface area contributed by atoms with Crippen LogP contribution in [0.3, 0.4) is 0 Å². The van der Waals surface area contributed by atoms with E-state index in [2.05, 4.69) is 24.8 Å². The van der Waals surface area contributed by atoms with Crippen LogP contribution in [0.4, 0.5) is 11.8 Å². The number of rotatable bonds is 5. The molecule has 0 N–H and O–H groups in total. The molecule has 4 heterocycles. The van der Waals surface area contributed by atoms with E-state index in [4.69, 9.17) is 16.3 Å². The predicted molar refractivity (Wildman–Crippen MR) is 117 cm³/mol. The third-order valence-corrected chi connectivity index (χ3v) is 5.76. The number of pyridine rings is 1. The number of piperidine rings is 1. The molecule has 4 rings (SSSR count). The number of halogens is 1. The Balaban J connectivity index is 1.40. The van der Waals surface area contributed by atoms with Crippen molar-refractivity contribution in [2.45, 2.75) is 26.2 Å². The van der Waals surface area contributed by atoms with Crippen molar-refractivity contribution in [2.75, 3.05) is 55.7 Å². The van der Waals surface area contributed by atoms with Crippen molar-refractivity contribution in [3.63, 3.8) is 0 Å². The van der Waals surface area contributed by atoms with E-state index in [9.17, 15) is 4.79 Å². The van der Waals surface area contributed by atoms with Gasteiger partial charge in [0.25, 0.3) is 5.91 Å². The first-order valence-corrected chi connectivity index (χ1v) is 10.9. The number of ether oxygens (including phenoxy) is 1. The predicted octanol–water partition coefficient (Wildman–Crippen LogP) is 2.88. The van der Waals surface area contributed by atoms with E-state index in [0.29, 0.717) is 29.0 Å². The minimum atomic E-state index is 0.0202. The van der Waals surface area contributed by atoms with Gasteiger partial charge < -0.3 is 19.4 Å². The quantitative estimate of drug-likeness (QED) is 0.721. The number of aromatic nitrogens is 3. The van der Waals surface area contributed by atoms with Gasteiger partial charge in [0.05, 0.1) is 17.2 Å². The smallest absolute Gasteiger partial charge is 0.255 e. The van der Waals surface area contributed by atoms with Crippen molar-refractivity contribution in [2.24, 2.45) is 0 Å². The molecule has 0 atom stereocenters. The van der Waals surface area contributed by atoms with E-state index in [1.54, 1.807) is 24.5 Å². The second-order valence-electron chi connectivity index (χ2n) is 7.48. The number of carbonyl (C=O) groups excluding carboxylic acids is 1.